The van der Waals surface area contributed by atoms with Crippen molar-refractivity contribution in [3.8, 4) is 50.6 Å². The first-order valence-corrected chi connectivity index (χ1v) is 22.0. The van der Waals surface area contributed by atoms with Gasteiger partial charge < -0.3 is 29.0 Å². The number of nitrogens with zero attached hydrogens (tertiary/aromatic N) is 3. The summed E-state index contributed by atoms with van der Waals surface area (Å²) in [5.41, 5.74) is 4.45. The van der Waals surface area contributed by atoms with Gasteiger partial charge in [0, 0.05) is 55.9 Å². The van der Waals surface area contributed by atoms with Crippen LogP contribution in [0, 0.1) is 17.5 Å². The van der Waals surface area contributed by atoms with Gasteiger partial charge in [-0.1, -0.05) is 120 Å². The van der Waals surface area contributed by atoms with Crippen molar-refractivity contribution in [3.63, 3.8) is 0 Å². The maximum atomic E-state index is 13.9. The summed E-state index contributed by atoms with van der Waals surface area (Å²) in [5, 5.41) is 31.4. The molecule has 0 unspecified atom stereocenters. The molecule has 0 bridgehead atoms. The van der Waals surface area contributed by atoms with Gasteiger partial charge in [-0.25, -0.2) is 13.2 Å². The minimum atomic E-state index is -0.551. The van der Waals surface area contributed by atoms with Gasteiger partial charge in [0.2, 0.25) is 0 Å². The predicted octanol–water partition coefficient (Wildman–Crippen LogP) is 12.2. The minimum absolute atomic E-state index is 0.189. The average Bonchev–Trinajstić information content (AvgIpc) is 3.33. The molecule has 0 atom stereocenters. The SMILES string of the molecule is O=c1c(O)cc(-c2ccc(Cl)cc2)cn1Cc1ccc(F)cc1.O=c1c(O)cc(-c2cccc(Cl)c2)cn1Cc1ccc(F)cc1.O=c1c(O)cc(-c2ccccc2F)cn1Cc1ccccc1Cl. The smallest absolute Gasteiger partial charge is 0.292 e. The third kappa shape index (κ3) is 12.8. The number of rotatable bonds is 9. The first kappa shape index (κ1) is 49.1. The largest absolute Gasteiger partial charge is 0.503 e. The number of aromatic nitrogens is 3. The number of hydrogen-bond acceptors (Lipinski definition) is 6. The van der Waals surface area contributed by atoms with E-state index < -0.39 is 28.2 Å². The van der Waals surface area contributed by atoms with Crippen LogP contribution in [-0.4, -0.2) is 29.0 Å². The molecule has 0 aliphatic heterocycles. The first-order valence-electron chi connectivity index (χ1n) is 20.9. The van der Waals surface area contributed by atoms with Crippen molar-refractivity contribution in [3.05, 3.63) is 263 Å². The highest BCUT2D eigenvalue weighted by Crippen LogP contribution is 2.27. The van der Waals surface area contributed by atoms with Crippen LogP contribution in [0.25, 0.3) is 33.4 Å². The molecule has 15 heteroatoms. The molecule has 0 amide bonds. The molecule has 69 heavy (non-hydrogen) atoms. The summed E-state index contributed by atoms with van der Waals surface area (Å²) in [6.07, 6.45) is 4.83. The highest BCUT2D eigenvalue weighted by molar-refractivity contribution is 6.31. The van der Waals surface area contributed by atoms with E-state index in [-0.39, 0.29) is 42.8 Å². The standard InChI is InChI=1S/3C18H13ClFNO2/c19-15-5-3-13(4-6-15)14-9-17(22)18(23)21(11-14)10-12-1-7-16(20)8-2-12;19-15-7-3-1-5-12(15)10-21-11-13(9-17(22)18(21)23)14-6-2-4-8-16(14)20;19-15-3-1-2-13(8-15)14-9-17(22)18(23)21(11-14)10-12-4-6-16(20)7-5-12/h3*1-9,11,22H,10H2. The van der Waals surface area contributed by atoms with Crippen molar-refractivity contribution in [2.24, 2.45) is 0 Å². The highest BCUT2D eigenvalue weighted by atomic mass is 35.5. The van der Waals surface area contributed by atoms with Crippen LogP contribution in [0.4, 0.5) is 13.2 Å². The van der Waals surface area contributed by atoms with Gasteiger partial charge in [-0.3, -0.25) is 14.4 Å². The third-order valence-electron chi connectivity index (χ3n) is 10.6. The van der Waals surface area contributed by atoms with Crippen molar-refractivity contribution in [1.29, 1.82) is 0 Å². The second kappa shape index (κ2) is 22.4. The van der Waals surface area contributed by atoms with Crippen LogP contribution in [-0.2, 0) is 19.6 Å². The van der Waals surface area contributed by atoms with Gasteiger partial charge in [0.15, 0.2) is 17.2 Å². The van der Waals surface area contributed by atoms with Crippen LogP contribution in [0.2, 0.25) is 15.1 Å². The number of halogens is 6. The maximum Gasteiger partial charge on any atom is 0.292 e. The summed E-state index contributed by atoms with van der Waals surface area (Å²) in [6.45, 7) is 0.670. The van der Waals surface area contributed by atoms with E-state index in [1.54, 1.807) is 103 Å². The minimum Gasteiger partial charge on any atom is -0.503 e. The van der Waals surface area contributed by atoms with E-state index in [0.29, 0.717) is 37.3 Å². The van der Waals surface area contributed by atoms with Crippen LogP contribution in [0.3, 0.4) is 0 Å². The van der Waals surface area contributed by atoms with Crippen molar-refractivity contribution < 1.29 is 28.5 Å². The topological polar surface area (TPSA) is 127 Å². The Morgan fingerprint density at radius 2 is 0.870 bits per heavy atom. The van der Waals surface area contributed by atoms with Crippen LogP contribution < -0.4 is 16.7 Å². The number of hydrogen-bond donors (Lipinski definition) is 3. The van der Waals surface area contributed by atoms with Crippen molar-refractivity contribution in [2.75, 3.05) is 0 Å². The molecule has 3 aromatic heterocycles. The summed E-state index contributed by atoms with van der Waals surface area (Å²) in [5.74, 6) is -2.20. The van der Waals surface area contributed by atoms with Crippen molar-refractivity contribution in [1.82, 2.24) is 13.7 Å². The Bertz CT molecular complexity index is 3440. The molecule has 0 aliphatic carbocycles. The lowest BCUT2D eigenvalue weighted by atomic mass is 10.1. The second-order valence-corrected chi connectivity index (χ2v) is 16.8. The van der Waals surface area contributed by atoms with Gasteiger partial charge in [0.25, 0.3) is 16.7 Å². The van der Waals surface area contributed by atoms with Crippen molar-refractivity contribution in [2.45, 2.75) is 19.6 Å². The predicted molar refractivity (Wildman–Crippen MR) is 265 cm³/mol. The molecule has 0 saturated heterocycles. The summed E-state index contributed by atoms with van der Waals surface area (Å²) in [6, 6.07) is 43.4. The highest BCUT2D eigenvalue weighted by Gasteiger charge is 2.13. The fraction of sp³-hybridized carbons (Fsp3) is 0.0556. The van der Waals surface area contributed by atoms with E-state index >= 15 is 0 Å². The van der Waals surface area contributed by atoms with E-state index in [0.717, 1.165) is 27.8 Å². The van der Waals surface area contributed by atoms with Gasteiger partial charge in [0.1, 0.15) is 17.5 Å². The molecule has 0 aliphatic rings. The van der Waals surface area contributed by atoms with Crippen LogP contribution in [0.1, 0.15) is 16.7 Å². The van der Waals surface area contributed by atoms with Crippen molar-refractivity contribution >= 4 is 34.8 Å². The zero-order valence-electron chi connectivity index (χ0n) is 36.1. The Kier molecular flexibility index (Phi) is 15.9. The lowest BCUT2D eigenvalue weighted by Gasteiger charge is -2.11. The maximum absolute atomic E-state index is 13.9. The first-order chi connectivity index (χ1) is 33.1. The zero-order chi connectivity index (χ0) is 49.2. The molecule has 3 N–H and O–H groups in total. The Morgan fingerprint density at radius 1 is 0.406 bits per heavy atom. The Labute approximate surface area is 408 Å². The molecule has 9 nitrogen and oxygen atoms in total. The van der Waals surface area contributed by atoms with E-state index in [1.807, 2.05) is 24.3 Å². The summed E-state index contributed by atoms with van der Waals surface area (Å²) in [7, 11) is 0. The average molecular weight is 989 g/mol. The van der Waals surface area contributed by atoms with Gasteiger partial charge >= 0.3 is 0 Å². The van der Waals surface area contributed by atoms with Crippen LogP contribution in [0.15, 0.2) is 197 Å². The van der Waals surface area contributed by atoms with Crippen LogP contribution in [0.5, 0.6) is 17.2 Å². The molecule has 0 spiro atoms. The number of benzene rings is 6. The molecule has 6 aromatic carbocycles. The fourth-order valence-electron chi connectivity index (χ4n) is 7.06. The molecular weight excluding hydrogens is 950 g/mol. The fourth-order valence-corrected chi connectivity index (χ4v) is 7.58. The van der Waals surface area contributed by atoms with Gasteiger partial charge in [-0.2, -0.15) is 0 Å². The lowest BCUT2D eigenvalue weighted by molar-refractivity contribution is 0.459. The Morgan fingerprint density at radius 3 is 1.39 bits per heavy atom. The van der Waals surface area contributed by atoms with Gasteiger partial charge in [-0.15, -0.1) is 0 Å². The van der Waals surface area contributed by atoms with Gasteiger partial charge in [0.05, 0.1) is 19.6 Å². The molecule has 3 heterocycles. The molecule has 0 radical (unpaired) electrons. The second-order valence-electron chi connectivity index (χ2n) is 15.5. The summed E-state index contributed by atoms with van der Waals surface area (Å²) >= 11 is 18.0. The lowest BCUT2D eigenvalue weighted by Crippen LogP contribution is -2.20. The number of aromatic hydroxyl groups is 3. The van der Waals surface area contributed by atoms with E-state index in [2.05, 4.69) is 0 Å². The molecule has 348 valence electrons. The summed E-state index contributed by atoms with van der Waals surface area (Å²) in [4.78, 5) is 36.3. The van der Waals surface area contributed by atoms with Gasteiger partial charge in [-0.05, 0) is 107 Å². The molecule has 9 rings (SSSR count). The Balaban J connectivity index is 0.000000153. The van der Waals surface area contributed by atoms with E-state index in [1.165, 1.54) is 68.4 Å². The quantitative estimate of drug-likeness (QED) is 0.132. The summed E-state index contributed by atoms with van der Waals surface area (Å²) < 4.78 is 44.0. The van der Waals surface area contributed by atoms with E-state index in [9.17, 15) is 42.9 Å². The normalized spacial score (nSPS) is 10.7. The monoisotopic (exact) mass is 987 g/mol. The Hall–Kier alpha value is -7.77. The third-order valence-corrected chi connectivity index (χ3v) is 11.4. The van der Waals surface area contributed by atoms with E-state index in [4.69, 9.17) is 34.8 Å². The molecule has 9 aromatic rings. The molecule has 0 fully saturated rings. The zero-order valence-corrected chi connectivity index (χ0v) is 38.4. The molecule has 0 saturated carbocycles. The van der Waals surface area contributed by atoms with Crippen LogP contribution >= 0.6 is 34.8 Å². The number of pyridine rings is 3. The molecular formula is C54H39Cl3F3N3O6.